The molecule has 0 aliphatic heterocycles. The molecule has 5 nitrogen and oxygen atoms in total. The molecule has 4 N–H and O–H groups in total. The van der Waals surface area contributed by atoms with Crippen LogP contribution in [-0.2, 0) is 27.7 Å². The Morgan fingerprint density at radius 3 is 2.00 bits per heavy atom. The van der Waals surface area contributed by atoms with Crippen LogP contribution >= 0.6 is 0 Å². The number of aryl methyl sites for hydroxylation is 2. The molecule has 0 fully saturated rings. The Labute approximate surface area is 120 Å². The number of sulfonamides is 1. The predicted molar refractivity (Wildman–Crippen MR) is 69.7 cm³/mol. The first-order valence-electron chi connectivity index (χ1n) is 6.03. The van der Waals surface area contributed by atoms with Crippen LogP contribution in [0.15, 0.2) is 23.1 Å². The van der Waals surface area contributed by atoms with Gasteiger partial charge in [-0.05, 0) is 48.9 Å². The third-order valence-electron chi connectivity index (χ3n) is 2.93. The van der Waals surface area contributed by atoms with Gasteiger partial charge in [0, 0.05) is 0 Å². The van der Waals surface area contributed by atoms with Crippen molar-refractivity contribution < 1.29 is 26.4 Å². The van der Waals surface area contributed by atoms with Gasteiger partial charge in [-0.1, -0.05) is 6.07 Å². The lowest BCUT2D eigenvalue weighted by molar-refractivity contribution is -0.169. The first kappa shape index (κ1) is 17.4. The van der Waals surface area contributed by atoms with Crippen molar-refractivity contribution in [2.75, 3.05) is 0 Å². The summed E-state index contributed by atoms with van der Waals surface area (Å²) in [5.41, 5.74) is 6.21. The van der Waals surface area contributed by atoms with E-state index in [1.54, 1.807) is 12.1 Å². The van der Waals surface area contributed by atoms with Crippen LogP contribution in [0.2, 0.25) is 0 Å². The average Bonchev–Trinajstić information content (AvgIpc) is 2.36. The minimum absolute atomic E-state index is 0.234. The highest BCUT2D eigenvalue weighted by atomic mass is 32.2. The standard InChI is InChI=1S/C10H13NO2S.C2H2F3NO/c11-14(12,13)10-6-5-8-3-1-2-4-9(8)7-10;3-2(4,5)1(6)7/h5-7H,1-4H2,(H2,11,12,13);(H2,6,7). The molecule has 2 rings (SSSR count). The zero-order valence-corrected chi connectivity index (χ0v) is 11.8. The summed E-state index contributed by atoms with van der Waals surface area (Å²) in [6.07, 6.45) is -0.498. The molecule has 1 aliphatic rings. The lowest BCUT2D eigenvalue weighted by atomic mass is 9.92. The number of alkyl halides is 3. The maximum Gasteiger partial charge on any atom is 0.470 e. The molecule has 0 heterocycles. The molecule has 1 aliphatic carbocycles. The molecule has 0 unspecified atom stereocenters. The van der Waals surface area contributed by atoms with E-state index in [-0.39, 0.29) is 4.90 Å². The minimum Gasteiger partial charge on any atom is -0.362 e. The van der Waals surface area contributed by atoms with Crippen LogP contribution in [0.25, 0.3) is 0 Å². The van der Waals surface area contributed by atoms with Gasteiger partial charge < -0.3 is 5.73 Å². The van der Waals surface area contributed by atoms with Crippen molar-refractivity contribution in [1.29, 1.82) is 0 Å². The van der Waals surface area contributed by atoms with Crippen LogP contribution in [-0.4, -0.2) is 20.5 Å². The number of nitrogens with two attached hydrogens (primary N) is 2. The molecule has 0 radical (unpaired) electrons. The Balaban J connectivity index is 0.000000270. The Morgan fingerprint density at radius 2 is 1.57 bits per heavy atom. The molecule has 0 spiro atoms. The lowest BCUT2D eigenvalue weighted by Gasteiger charge is -2.15. The SMILES string of the molecule is NC(=O)C(F)(F)F.NS(=O)(=O)c1ccc2c(c1)CCCC2. The Bertz CT molecular complexity index is 627. The van der Waals surface area contributed by atoms with Gasteiger partial charge in [-0.25, -0.2) is 13.6 Å². The molecule has 0 atom stereocenters. The first-order chi connectivity index (χ1) is 9.51. The number of rotatable bonds is 1. The van der Waals surface area contributed by atoms with Gasteiger partial charge in [-0.3, -0.25) is 4.79 Å². The summed E-state index contributed by atoms with van der Waals surface area (Å²) in [5.74, 6) is -2.26. The number of primary amides is 1. The molecule has 118 valence electrons. The summed E-state index contributed by atoms with van der Waals surface area (Å²) in [5, 5.41) is 5.06. The van der Waals surface area contributed by atoms with Gasteiger partial charge in [0.2, 0.25) is 10.0 Å². The number of hydrogen-bond acceptors (Lipinski definition) is 3. The number of hydrogen-bond donors (Lipinski definition) is 2. The third-order valence-corrected chi connectivity index (χ3v) is 3.84. The van der Waals surface area contributed by atoms with E-state index in [9.17, 15) is 21.6 Å². The summed E-state index contributed by atoms with van der Waals surface area (Å²) >= 11 is 0. The molecule has 9 heteroatoms. The average molecular weight is 324 g/mol. The largest absolute Gasteiger partial charge is 0.470 e. The second-order valence-corrected chi connectivity index (χ2v) is 6.11. The van der Waals surface area contributed by atoms with Crippen LogP contribution in [0.3, 0.4) is 0 Å². The molecular weight excluding hydrogens is 309 g/mol. The topological polar surface area (TPSA) is 103 Å². The quantitative estimate of drug-likeness (QED) is 0.812. The normalized spacial score (nSPS) is 14.7. The molecule has 1 aromatic rings. The van der Waals surface area contributed by atoms with E-state index in [1.807, 2.05) is 6.07 Å². The molecule has 0 bridgehead atoms. The second kappa shape index (κ2) is 6.44. The molecule has 1 amide bonds. The molecule has 0 aromatic heterocycles. The van der Waals surface area contributed by atoms with E-state index in [4.69, 9.17) is 9.93 Å². The van der Waals surface area contributed by atoms with Crippen LogP contribution in [0, 0.1) is 0 Å². The maximum absolute atomic E-state index is 11.1. The summed E-state index contributed by atoms with van der Waals surface area (Å²) in [7, 11) is -3.54. The van der Waals surface area contributed by atoms with Crippen LogP contribution in [0.4, 0.5) is 13.2 Å². The summed E-state index contributed by atoms with van der Waals surface area (Å²) in [4.78, 5) is 9.35. The zero-order valence-electron chi connectivity index (χ0n) is 11.0. The van der Waals surface area contributed by atoms with E-state index in [0.29, 0.717) is 0 Å². The van der Waals surface area contributed by atoms with Gasteiger partial charge in [-0.15, -0.1) is 0 Å². The van der Waals surface area contributed by atoms with E-state index in [2.05, 4.69) is 5.73 Å². The Hall–Kier alpha value is -1.61. The fraction of sp³-hybridized carbons (Fsp3) is 0.417. The third kappa shape index (κ3) is 5.35. The number of carbonyl (C=O) groups excluding carboxylic acids is 1. The van der Waals surface area contributed by atoms with Crippen molar-refractivity contribution in [1.82, 2.24) is 0 Å². The van der Waals surface area contributed by atoms with Gasteiger partial charge in [0.1, 0.15) is 0 Å². The van der Waals surface area contributed by atoms with E-state index >= 15 is 0 Å². The molecular formula is C12H15F3N2O3S. The molecule has 0 saturated heterocycles. The van der Waals surface area contributed by atoms with E-state index in [1.165, 1.54) is 12.0 Å². The molecule has 1 aromatic carbocycles. The van der Waals surface area contributed by atoms with Gasteiger partial charge in [0.15, 0.2) is 0 Å². The van der Waals surface area contributed by atoms with Crippen LogP contribution in [0.1, 0.15) is 24.0 Å². The number of halogens is 3. The Morgan fingerprint density at radius 1 is 1.10 bits per heavy atom. The summed E-state index contributed by atoms with van der Waals surface area (Å²) < 4.78 is 54.3. The van der Waals surface area contributed by atoms with Crippen molar-refractivity contribution in [3.05, 3.63) is 29.3 Å². The fourth-order valence-corrected chi connectivity index (χ4v) is 2.45. The van der Waals surface area contributed by atoms with Gasteiger partial charge >= 0.3 is 12.1 Å². The number of fused-ring (bicyclic) bond motifs is 1. The van der Waals surface area contributed by atoms with E-state index < -0.39 is 22.1 Å². The highest BCUT2D eigenvalue weighted by Crippen LogP contribution is 2.23. The molecule has 0 saturated carbocycles. The number of amides is 1. The van der Waals surface area contributed by atoms with Crippen molar-refractivity contribution in [3.8, 4) is 0 Å². The van der Waals surface area contributed by atoms with Gasteiger partial charge in [0.05, 0.1) is 4.90 Å². The maximum atomic E-state index is 11.1. The minimum atomic E-state index is -4.86. The summed E-state index contributed by atoms with van der Waals surface area (Å²) in [6, 6.07) is 5.19. The number of benzene rings is 1. The van der Waals surface area contributed by atoms with Crippen molar-refractivity contribution in [2.45, 2.75) is 36.8 Å². The van der Waals surface area contributed by atoms with Gasteiger partial charge in [-0.2, -0.15) is 13.2 Å². The van der Waals surface area contributed by atoms with Crippen molar-refractivity contribution in [2.24, 2.45) is 10.9 Å². The molecule has 21 heavy (non-hydrogen) atoms. The van der Waals surface area contributed by atoms with Crippen LogP contribution < -0.4 is 10.9 Å². The van der Waals surface area contributed by atoms with Crippen LogP contribution in [0.5, 0.6) is 0 Å². The smallest absolute Gasteiger partial charge is 0.362 e. The zero-order chi connectivity index (χ0) is 16.3. The number of primary sulfonamides is 1. The van der Waals surface area contributed by atoms with Crippen molar-refractivity contribution in [3.63, 3.8) is 0 Å². The predicted octanol–water partition coefficient (Wildman–Crippen LogP) is 1.25. The Kier molecular flexibility index (Phi) is 5.35. The second-order valence-electron chi connectivity index (χ2n) is 4.54. The highest BCUT2D eigenvalue weighted by Gasteiger charge is 2.35. The first-order valence-corrected chi connectivity index (χ1v) is 7.57. The fourth-order valence-electron chi connectivity index (χ4n) is 1.89. The van der Waals surface area contributed by atoms with Crippen molar-refractivity contribution >= 4 is 15.9 Å². The number of carbonyl (C=O) groups is 1. The van der Waals surface area contributed by atoms with E-state index in [0.717, 1.165) is 24.8 Å². The highest BCUT2D eigenvalue weighted by molar-refractivity contribution is 7.89. The van der Waals surface area contributed by atoms with Gasteiger partial charge in [0.25, 0.3) is 0 Å². The monoisotopic (exact) mass is 324 g/mol. The lowest BCUT2D eigenvalue weighted by Crippen LogP contribution is -2.30. The summed E-state index contributed by atoms with van der Waals surface area (Å²) in [6.45, 7) is 0.